The molecule has 0 fully saturated rings. The first-order valence-electron chi connectivity index (χ1n) is 8.89. The lowest BCUT2D eigenvalue weighted by Gasteiger charge is -2.21. The first kappa shape index (κ1) is 18.4. The van der Waals surface area contributed by atoms with Gasteiger partial charge in [-0.3, -0.25) is 9.59 Å². The SMILES string of the molecule is CN1C(=O)[C@](O)(CC(=O)c2ccc(-c3ccccc3)cc2)c2cc(Cl)ccc21. The predicted octanol–water partition coefficient (Wildman–Crippen LogP) is 4.44. The average molecular weight is 392 g/mol. The molecule has 4 rings (SSSR count). The number of fused-ring (bicyclic) bond motifs is 1. The number of carbonyl (C=O) groups excluding carboxylic acids is 2. The number of benzene rings is 3. The molecule has 28 heavy (non-hydrogen) atoms. The van der Waals surface area contributed by atoms with Gasteiger partial charge in [0, 0.05) is 23.2 Å². The van der Waals surface area contributed by atoms with Gasteiger partial charge in [0.15, 0.2) is 11.4 Å². The molecule has 1 N–H and O–H groups in total. The molecule has 1 atom stereocenters. The molecule has 0 bridgehead atoms. The van der Waals surface area contributed by atoms with Crippen LogP contribution in [-0.4, -0.2) is 23.8 Å². The van der Waals surface area contributed by atoms with E-state index in [2.05, 4.69) is 0 Å². The van der Waals surface area contributed by atoms with E-state index in [1.54, 1.807) is 37.4 Å². The number of aliphatic hydroxyl groups is 1. The molecule has 3 aromatic rings. The largest absolute Gasteiger partial charge is 0.375 e. The highest BCUT2D eigenvalue weighted by Gasteiger charge is 2.49. The third-order valence-electron chi connectivity index (χ3n) is 5.15. The van der Waals surface area contributed by atoms with Gasteiger partial charge in [0.05, 0.1) is 12.1 Å². The molecule has 1 aliphatic rings. The van der Waals surface area contributed by atoms with Crippen molar-refractivity contribution in [2.75, 3.05) is 11.9 Å². The highest BCUT2D eigenvalue weighted by atomic mass is 35.5. The highest BCUT2D eigenvalue weighted by molar-refractivity contribution is 6.31. The molecule has 0 saturated heterocycles. The Morgan fingerprint density at radius 2 is 1.64 bits per heavy atom. The van der Waals surface area contributed by atoms with Crippen molar-refractivity contribution in [3.63, 3.8) is 0 Å². The van der Waals surface area contributed by atoms with Crippen LogP contribution in [0, 0.1) is 0 Å². The summed E-state index contributed by atoms with van der Waals surface area (Å²) in [5.74, 6) is -0.837. The van der Waals surface area contributed by atoms with Crippen molar-refractivity contribution < 1.29 is 14.7 Å². The predicted molar refractivity (Wildman–Crippen MR) is 110 cm³/mol. The maximum Gasteiger partial charge on any atom is 0.263 e. The zero-order chi connectivity index (χ0) is 19.9. The fourth-order valence-corrected chi connectivity index (χ4v) is 3.79. The minimum absolute atomic E-state index is 0.309. The molecule has 0 aromatic heterocycles. The van der Waals surface area contributed by atoms with Gasteiger partial charge in [-0.05, 0) is 29.3 Å². The van der Waals surface area contributed by atoms with Crippen LogP contribution < -0.4 is 4.90 Å². The number of halogens is 1. The van der Waals surface area contributed by atoms with Gasteiger partial charge >= 0.3 is 0 Å². The molecule has 0 unspecified atom stereocenters. The van der Waals surface area contributed by atoms with Gasteiger partial charge in [-0.15, -0.1) is 0 Å². The minimum Gasteiger partial charge on any atom is -0.375 e. The first-order chi connectivity index (χ1) is 13.4. The van der Waals surface area contributed by atoms with E-state index in [0.29, 0.717) is 21.8 Å². The number of hydrogen-bond acceptors (Lipinski definition) is 3. The number of carbonyl (C=O) groups is 2. The summed E-state index contributed by atoms with van der Waals surface area (Å²) < 4.78 is 0. The third-order valence-corrected chi connectivity index (χ3v) is 5.39. The maximum atomic E-state index is 12.8. The number of amides is 1. The Hall–Kier alpha value is -2.95. The van der Waals surface area contributed by atoms with Gasteiger partial charge in [0.2, 0.25) is 0 Å². The Labute approximate surface area is 168 Å². The van der Waals surface area contributed by atoms with Crippen LogP contribution in [-0.2, 0) is 10.4 Å². The van der Waals surface area contributed by atoms with E-state index >= 15 is 0 Å². The van der Waals surface area contributed by atoms with Crippen molar-refractivity contribution in [1.82, 2.24) is 0 Å². The van der Waals surface area contributed by atoms with Crippen LogP contribution in [0.1, 0.15) is 22.3 Å². The summed E-state index contributed by atoms with van der Waals surface area (Å²) in [5, 5.41) is 11.5. The van der Waals surface area contributed by atoms with E-state index < -0.39 is 11.5 Å². The van der Waals surface area contributed by atoms with Gasteiger partial charge in [0.1, 0.15) is 0 Å². The van der Waals surface area contributed by atoms with Crippen molar-refractivity contribution in [1.29, 1.82) is 0 Å². The number of ketones is 1. The van der Waals surface area contributed by atoms with Crippen LogP contribution in [0.2, 0.25) is 5.02 Å². The van der Waals surface area contributed by atoms with Gasteiger partial charge < -0.3 is 10.0 Å². The Kier molecular flexibility index (Phi) is 4.53. The van der Waals surface area contributed by atoms with Crippen molar-refractivity contribution in [2.24, 2.45) is 0 Å². The van der Waals surface area contributed by atoms with Crippen LogP contribution in [0.5, 0.6) is 0 Å². The third kappa shape index (κ3) is 3.01. The maximum absolute atomic E-state index is 12.8. The highest BCUT2D eigenvalue weighted by Crippen LogP contribution is 2.43. The van der Waals surface area contributed by atoms with Crippen LogP contribution in [0.15, 0.2) is 72.8 Å². The molecule has 3 aromatic carbocycles. The Morgan fingerprint density at radius 1 is 1.00 bits per heavy atom. The molecule has 1 amide bonds. The summed E-state index contributed by atoms with van der Waals surface area (Å²) in [6.45, 7) is 0. The topological polar surface area (TPSA) is 57.6 Å². The molecule has 0 radical (unpaired) electrons. The summed E-state index contributed by atoms with van der Waals surface area (Å²) >= 11 is 6.05. The molecule has 4 nitrogen and oxygen atoms in total. The number of rotatable bonds is 4. The Morgan fingerprint density at radius 3 is 2.32 bits per heavy atom. The van der Waals surface area contributed by atoms with Crippen molar-refractivity contribution in [3.05, 3.63) is 88.9 Å². The summed E-state index contributed by atoms with van der Waals surface area (Å²) in [4.78, 5) is 26.9. The molecule has 1 aliphatic heterocycles. The second-order valence-corrected chi connectivity index (χ2v) is 7.37. The molecular weight excluding hydrogens is 374 g/mol. The summed E-state index contributed by atoms with van der Waals surface area (Å²) in [7, 11) is 1.58. The van der Waals surface area contributed by atoms with Gasteiger partial charge in [-0.2, -0.15) is 0 Å². The zero-order valence-electron chi connectivity index (χ0n) is 15.2. The Balaban J connectivity index is 1.62. The van der Waals surface area contributed by atoms with E-state index in [1.165, 1.54) is 4.90 Å². The number of anilines is 1. The molecular formula is C23H18ClNO3. The second-order valence-electron chi connectivity index (χ2n) is 6.93. The monoisotopic (exact) mass is 391 g/mol. The minimum atomic E-state index is -1.91. The molecule has 140 valence electrons. The first-order valence-corrected chi connectivity index (χ1v) is 9.27. The summed E-state index contributed by atoms with van der Waals surface area (Å²) in [6.07, 6.45) is -0.339. The molecule has 0 aliphatic carbocycles. The smallest absolute Gasteiger partial charge is 0.263 e. The summed E-state index contributed by atoms with van der Waals surface area (Å²) in [6, 6.07) is 21.9. The van der Waals surface area contributed by atoms with E-state index in [-0.39, 0.29) is 12.2 Å². The second kappa shape index (κ2) is 6.89. The lowest BCUT2D eigenvalue weighted by Crippen LogP contribution is -2.40. The number of likely N-dealkylation sites (N-methyl/N-ethyl adjacent to an activating group) is 1. The van der Waals surface area contributed by atoms with E-state index in [4.69, 9.17) is 11.6 Å². The molecule has 0 spiro atoms. The van der Waals surface area contributed by atoms with Crippen LogP contribution in [0.4, 0.5) is 5.69 Å². The fourth-order valence-electron chi connectivity index (χ4n) is 3.62. The van der Waals surface area contributed by atoms with Crippen molar-refractivity contribution in [2.45, 2.75) is 12.0 Å². The number of Topliss-reactive ketones (excluding diaryl/α,β-unsaturated/α-hetero) is 1. The van der Waals surface area contributed by atoms with E-state index in [9.17, 15) is 14.7 Å². The Bertz CT molecular complexity index is 1060. The standard InChI is InChI=1S/C23H18ClNO3/c1-25-20-12-11-18(24)13-19(20)23(28,22(25)27)14-21(26)17-9-7-16(8-10-17)15-5-3-2-4-6-15/h2-13,28H,14H2,1H3/t23-/m0/s1. The number of nitrogens with zero attached hydrogens (tertiary/aromatic N) is 1. The van der Waals surface area contributed by atoms with Crippen LogP contribution in [0.3, 0.4) is 0 Å². The van der Waals surface area contributed by atoms with Gasteiger partial charge in [0.25, 0.3) is 5.91 Å². The molecule has 1 heterocycles. The fraction of sp³-hybridized carbons (Fsp3) is 0.130. The lowest BCUT2D eigenvalue weighted by molar-refractivity contribution is -0.135. The van der Waals surface area contributed by atoms with Crippen LogP contribution >= 0.6 is 11.6 Å². The normalized spacial score (nSPS) is 18.2. The quantitative estimate of drug-likeness (QED) is 0.669. The van der Waals surface area contributed by atoms with E-state index in [0.717, 1.165) is 11.1 Å². The van der Waals surface area contributed by atoms with Crippen molar-refractivity contribution in [3.8, 4) is 11.1 Å². The number of hydrogen-bond donors (Lipinski definition) is 1. The average Bonchev–Trinajstić information content (AvgIpc) is 2.90. The lowest BCUT2D eigenvalue weighted by atomic mass is 9.88. The zero-order valence-corrected chi connectivity index (χ0v) is 16.0. The van der Waals surface area contributed by atoms with E-state index in [1.807, 2.05) is 42.5 Å². The molecule has 5 heteroatoms. The molecule has 0 saturated carbocycles. The van der Waals surface area contributed by atoms with Crippen molar-refractivity contribution >= 4 is 29.0 Å². The summed E-state index contributed by atoms with van der Waals surface area (Å²) in [5.41, 5.74) is 1.50. The van der Waals surface area contributed by atoms with Crippen LogP contribution in [0.25, 0.3) is 11.1 Å². The van der Waals surface area contributed by atoms with Gasteiger partial charge in [-0.1, -0.05) is 66.2 Å². The van der Waals surface area contributed by atoms with Gasteiger partial charge in [-0.25, -0.2) is 0 Å².